The van der Waals surface area contributed by atoms with E-state index >= 15 is 0 Å². The molecule has 0 saturated heterocycles. The lowest BCUT2D eigenvalue weighted by Crippen LogP contribution is -1.96. The van der Waals surface area contributed by atoms with Crippen molar-refractivity contribution in [1.82, 2.24) is 14.6 Å². The molecule has 0 aliphatic heterocycles. The number of nitrogens with zero attached hydrogens (tertiary/aromatic N) is 3. The van der Waals surface area contributed by atoms with E-state index in [1.54, 1.807) is 12.1 Å². The van der Waals surface area contributed by atoms with Gasteiger partial charge in [-0.05, 0) is 6.07 Å². The zero-order chi connectivity index (χ0) is 11.0. The summed E-state index contributed by atoms with van der Waals surface area (Å²) in [6.45, 7) is 1.41. The Morgan fingerprint density at radius 1 is 1.53 bits per heavy atom. The molecule has 2 heterocycles. The van der Waals surface area contributed by atoms with E-state index in [1.807, 2.05) is 0 Å². The largest absolute Gasteiger partial charge is 0.480 e. The van der Waals surface area contributed by atoms with Gasteiger partial charge in [-0.2, -0.15) is 4.52 Å². The monoisotopic (exact) mass is 225 g/mol. The first-order valence-corrected chi connectivity index (χ1v) is 4.61. The fourth-order valence-corrected chi connectivity index (χ4v) is 1.52. The van der Waals surface area contributed by atoms with E-state index in [2.05, 4.69) is 10.1 Å². The van der Waals surface area contributed by atoms with Crippen LogP contribution >= 0.6 is 11.6 Å². The van der Waals surface area contributed by atoms with Gasteiger partial charge in [0.1, 0.15) is 5.69 Å². The summed E-state index contributed by atoms with van der Waals surface area (Å²) < 4.78 is 6.32. The Morgan fingerprint density at radius 3 is 2.87 bits per heavy atom. The maximum atomic E-state index is 11.2. The van der Waals surface area contributed by atoms with Crippen LogP contribution in [0.15, 0.2) is 12.1 Å². The van der Waals surface area contributed by atoms with Crippen LogP contribution in [0.2, 0.25) is 5.15 Å². The molecule has 0 atom stereocenters. The number of ketones is 1. The third-order valence-corrected chi connectivity index (χ3v) is 2.28. The highest BCUT2D eigenvalue weighted by Crippen LogP contribution is 2.19. The number of Topliss-reactive ketones (excluding diaryl/α,β-unsaturated/α-hetero) is 1. The van der Waals surface area contributed by atoms with E-state index in [0.29, 0.717) is 11.5 Å². The molecule has 2 rings (SSSR count). The van der Waals surface area contributed by atoms with E-state index in [-0.39, 0.29) is 16.6 Å². The molecule has 5 nitrogen and oxygen atoms in total. The van der Waals surface area contributed by atoms with E-state index in [0.717, 1.165) is 0 Å². The summed E-state index contributed by atoms with van der Waals surface area (Å²) in [7, 11) is 1.50. The maximum Gasteiger partial charge on any atom is 0.231 e. The van der Waals surface area contributed by atoms with Crippen LogP contribution in [-0.4, -0.2) is 27.5 Å². The van der Waals surface area contributed by atoms with E-state index in [9.17, 15) is 4.79 Å². The highest BCUT2D eigenvalue weighted by molar-refractivity contribution is 6.32. The van der Waals surface area contributed by atoms with Crippen molar-refractivity contribution in [1.29, 1.82) is 0 Å². The molecule has 0 aliphatic rings. The Morgan fingerprint density at radius 2 is 2.27 bits per heavy atom. The standard InChI is InChI=1S/C9H8ClN3O2/c1-5(14)8-9(10)13-6(11-8)3-4-7(12-13)15-2/h3-4H,1-2H3. The number of hydrogen-bond donors (Lipinski definition) is 0. The molecule has 0 radical (unpaired) electrons. The van der Waals surface area contributed by atoms with Crippen LogP contribution < -0.4 is 4.74 Å². The van der Waals surface area contributed by atoms with Crippen molar-refractivity contribution in [3.63, 3.8) is 0 Å². The first-order chi connectivity index (χ1) is 7.13. The van der Waals surface area contributed by atoms with Gasteiger partial charge >= 0.3 is 0 Å². The number of hydrogen-bond acceptors (Lipinski definition) is 4. The number of halogens is 1. The minimum Gasteiger partial charge on any atom is -0.480 e. The minimum absolute atomic E-state index is 0.190. The SMILES string of the molecule is COc1ccc2nc(C(C)=O)c(Cl)n2n1. The van der Waals surface area contributed by atoms with E-state index in [1.165, 1.54) is 18.5 Å². The van der Waals surface area contributed by atoms with Crippen molar-refractivity contribution in [3.8, 4) is 5.88 Å². The summed E-state index contributed by atoms with van der Waals surface area (Å²) in [6.07, 6.45) is 0. The Kier molecular flexibility index (Phi) is 2.32. The molecule has 2 aromatic rings. The summed E-state index contributed by atoms with van der Waals surface area (Å²) in [5.41, 5.74) is 0.739. The molecule has 0 amide bonds. The van der Waals surface area contributed by atoms with Crippen LogP contribution in [0.25, 0.3) is 5.65 Å². The Labute approximate surface area is 90.6 Å². The first-order valence-electron chi connectivity index (χ1n) is 4.23. The maximum absolute atomic E-state index is 11.2. The highest BCUT2D eigenvalue weighted by Gasteiger charge is 2.15. The van der Waals surface area contributed by atoms with Crippen molar-refractivity contribution < 1.29 is 9.53 Å². The normalized spacial score (nSPS) is 10.6. The zero-order valence-corrected chi connectivity index (χ0v) is 8.95. The fourth-order valence-electron chi connectivity index (χ4n) is 1.22. The fraction of sp³-hybridized carbons (Fsp3) is 0.222. The van der Waals surface area contributed by atoms with Crippen molar-refractivity contribution >= 4 is 23.0 Å². The molecule has 0 spiro atoms. The molecule has 78 valence electrons. The van der Waals surface area contributed by atoms with Gasteiger partial charge in [0, 0.05) is 13.0 Å². The average Bonchev–Trinajstić information content (AvgIpc) is 2.56. The number of fused-ring (bicyclic) bond motifs is 1. The van der Waals surface area contributed by atoms with Crippen LogP contribution in [0.1, 0.15) is 17.4 Å². The second-order valence-corrected chi connectivity index (χ2v) is 3.31. The average molecular weight is 226 g/mol. The van der Waals surface area contributed by atoms with Crippen LogP contribution in [0.3, 0.4) is 0 Å². The van der Waals surface area contributed by atoms with Gasteiger partial charge in [0.05, 0.1) is 7.11 Å². The number of rotatable bonds is 2. The van der Waals surface area contributed by atoms with Gasteiger partial charge in [0.25, 0.3) is 0 Å². The lowest BCUT2D eigenvalue weighted by atomic mass is 10.3. The molecule has 0 aromatic carbocycles. The molecule has 0 N–H and O–H groups in total. The second kappa shape index (κ2) is 3.51. The van der Waals surface area contributed by atoms with E-state index < -0.39 is 0 Å². The molecule has 0 saturated carbocycles. The predicted molar refractivity (Wildman–Crippen MR) is 54.6 cm³/mol. The number of carbonyl (C=O) groups excluding carboxylic acids is 1. The van der Waals surface area contributed by atoms with Crippen LogP contribution in [0, 0.1) is 0 Å². The van der Waals surface area contributed by atoms with Gasteiger partial charge in [-0.25, -0.2) is 4.98 Å². The van der Waals surface area contributed by atoms with Crippen molar-refractivity contribution in [2.45, 2.75) is 6.92 Å². The number of imidazole rings is 1. The van der Waals surface area contributed by atoms with Gasteiger partial charge < -0.3 is 4.74 Å². The molecule has 0 aliphatic carbocycles. The Balaban J connectivity index is 2.72. The smallest absolute Gasteiger partial charge is 0.231 e. The van der Waals surface area contributed by atoms with Crippen LogP contribution in [-0.2, 0) is 0 Å². The molecule has 0 bridgehead atoms. The number of aromatic nitrogens is 3. The van der Waals surface area contributed by atoms with Crippen LogP contribution in [0.5, 0.6) is 5.88 Å². The second-order valence-electron chi connectivity index (χ2n) is 2.95. The first kappa shape index (κ1) is 9.92. The van der Waals surface area contributed by atoms with Crippen molar-refractivity contribution in [2.24, 2.45) is 0 Å². The van der Waals surface area contributed by atoms with Gasteiger partial charge in [-0.3, -0.25) is 4.79 Å². The van der Waals surface area contributed by atoms with Crippen molar-refractivity contribution in [3.05, 3.63) is 23.0 Å². The molecule has 0 unspecified atom stereocenters. The summed E-state index contributed by atoms with van der Waals surface area (Å²) in [4.78, 5) is 15.2. The third kappa shape index (κ3) is 1.55. The van der Waals surface area contributed by atoms with Crippen molar-refractivity contribution in [2.75, 3.05) is 7.11 Å². The number of ether oxygens (including phenoxy) is 1. The van der Waals surface area contributed by atoms with Gasteiger partial charge in [0.15, 0.2) is 16.6 Å². The van der Waals surface area contributed by atoms with Gasteiger partial charge in [-0.15, -0.1) is 5.10 Å². The lowest BCUT2D eigenvalue weighted by Gasteiger charge is -1.98. The minimum atomic E-state index is -0.190. The number of carbonyl (C=O) groups is 1. The number of methoxy groups -OCH3 is 1. The summed E-state index contributed by atoms with van der Waals surface area (Å²) in [6, 6.07) is 3.34. The summed E-state index contributed by atoms with van der Waals surface area (Å²) in [5.74, 6) is 0.223. The molecule has 2 aromatic heterocycles. The third-order valence-electron chi connectivity index (χ3n) is 1.94. The molecular weight excluding hydrogens is 218 g/mol. The summed E-state index contributed by atoms with van der Waals surface area (Å²) in [5, 5.41) is 4.25. The molecule has 15 heavy (non-hydrogen) atoms. The Bertz CT molecular complexity index is 535. The van der Waals surface area contributed by atoms with Gasteiger partial charge in [0.2, 0.25) is 5.88 Å². The lowest BCUT2D eigenvalue weighted by molar-refractivity contribution is 0.101. The quantitative estimate of drug-likeness (QED) is 0.729. The molecule has 0 fully saturated rings. The molecular formula is C9H8ClN3O2. The Hall–Kier alpha value is -1.62. The zero-order valence-electron chi connectivity index (χ0n) is 8.19. The van der Waals surface area contributed by atoms with Gasteiger partial charge in [-0.1, -0.05) is 11.6 Å². The highest BCUT2D eigenvalue weighted by atomic mass is 35.5. The van der Waals surface area contributed by atoms with Crippen LogP contribution in [0.4, 0.5) is 0 Å². The molecule has 6 heteroatoms. The summed E-state index contributed by atoms with van der Waals surface area (Å²) >= 11 is 5.94. The van der Waals surface area contributed by atoms with E-state index in [4.69, 9.17) is 16.3 Å². The topological polar surface area (TPSA) is 56.5 Å². The predicted octanol–water partition coefficient (Wildman–Crippen LogP) is 1.59.